The highest BCUT2D eigenvalue weighted by Gasteiger charge is 2.03. The molecule has 0 spiro atoms. The smallest absolute Gasteiger partial charge is 0.303 e. The number of hydrogen-bond acceptors (Lipinski definition) is 3. The zero-order valence-corrected chi connectivity index (χ0v) is 8.28. The first-order valence-electron chi connectivity index (χ1n) is 7.43. The first-order valence-corrected chi connectivity index (χ1v) is 4.43. The molecule has 0 aliphatic heterocycles. The van der Waals surface area contributed by atoms with Gasteiger partial charge in [0.1, 0.15) is 0 Å². The Morgan fingerprint density at radius 1 is 1.56 bits per heavy atom. The van der Waals surface area contributed by atoms with Gasteiger partial charge in [0.25, 0.3) is 0 Å². The Bertz CT molecular complexity index is 546. The van der Waals surface area contributed by atoms with Crippen molar-refractivity contribution in [3.63, 3.8) is 0 Å². The van der Waals surface area contributed by atoms with Gasteiger partial charge in [0.15, 0.2) is 0 Å². The Hall–Kier alpha value is -1.85. The van der Waals surface area contributed by atoms with Crippen molar-refractivity contribution in [3.05, 3.63) is 18.2 Å². The molecule has 0 aliphatic rings. The van der Waals surface area contributed by atoms with Crippen LogP contribution in [0.3, 0.4) is 0 Å². The van der Waals surface area contributed by atoms with E-state index in [9.17, 15) is 9.59 Å². The molecule has 0 saturated heterocycles. The van der Waals surface area contributed by atoms with E-state index < -0.39 is 31.0 Å². The number of aliphatic carboxylic acids is 1. The molecule has 0 aromatic carbocycles. The number of hydrogen-bond donors (Lipinski definition) is 3. The maximum absolute atomic E-state index is 11.8. The zero-order valence-electron chi connectivity index (χ0n) is 14.3. The van der Waals surface area contributed by atoms with Crippen molar-refractivity contribution in [1.29, 1.82) is 0 Å². The molecular formula is C10H15N3O3. The third kappa shape index (κ3) is 5.14. The molecule has 0 bridgehead atoms. The largest absolute Gasteiger partial charge is 0.481 e. The van der Waals surface area contributed by atoms with Crippen LogP contribution in [0.4, 0.5) is 0 Å². The minimum absolute atomic E-state index is 0.0489. The number of imidazole rings is 1. The van der Waals surface area contributed by atoms with E-state index >= 15 is 0 Å². The number of carbonyl (C=O) groups is 2. The fraction of sp³-hybridized carbons (Fsp3) is 0.500. The molecule has 1 heterocycles. The summed E-state index contributed by atoms with van der Waals surface area (Å²) >= 11 is 0. The molecule has 16 heavy (non-hydrogen) atoms. The van der Waals surface area contributed by atoms with Gasteiger partial charge in [0.2, 0.25) is 5.91 Å². The lowest BCUT2D eigenvalue weighted by Crippen LogP contribution is -2.25. The van der Waals surface area contributed by atoms with Crippen LogP contribution in [0.1, 0.15) is 33.0 Å². The van der Waals surface area contributed by atoms with Crippen LogP contribution >= 0.6 is 0 Å². The van der Waals surface area contributed by atoms with Gasteiger partial charge < -0.3 is 15.4 Å². The molecule has 1 aromatic rings. The second kappa shape index (κ2) is 6.60. The lowest BCUT2D eigenvalue weighted by atomic mass is 10.2. The Morgan fingerprint density at radius 2 is 2.38 bits per heavy atom. The number of nitrogens with one attached hydrogen (secondary N) is 2. The fourth-order valence-electron chi connectivity index (χ4n) is 0.918. The Labute approximate surface area is 102 Å². The highest BCUT2D eigenvalue weighted by molar-refractivity contribution is 5.76. The first-order chi connectivity index (χ1) is 9.94. The van der Waals surface area contributed by atoms with Gasteiger partial charge in [-0.1, -0.05) is 0 Å². The van der Waals surface area contributed by atoms with Crippen LogP contribution in [0.2, 0.25) is 0 Å². The highest BCUT2D eigenvalue weighted by atomic mass is 16.4. The molecule has 1 amide bonds. The molecule has 1 aromatic heterocycles. The summed E-state index contributed by atoms with van der Waals surface area (Å²) in [6.07, 6.45) is -7.33. The number of rotatable bonds is 7. The van der Waals surface area contributed by atoms with Crippen LogP contribution in [-0.4, -0.2) is 33.5 Å². The van der Waals surface area contributed by atoms with E-state index in [1.54, 1.807) is 0 Å². The van der Waals surface area contributed by atoms with E-state index in [0.29, 0.717) is 5.69 Å². The number of amides is 1. The maximum atomic E-state index is 11.8. The van der Waals surface area contributed by atoms with E-state index in [0.717, 1.165) is 0 Å². The van der Waals surface area contributed by atoms with Crippen LogP contribution < -0.4 is 5.32 Å². The topological polar surface area (TPSA) is 95.1 Å². The molecule has 1 rings (SSSR count). The second-order valence-electron chi connectivity index (χ2n) is 2.76. The normalized spacial score (nSPS) is 18.2. The lowest BCUT2D eigenvalue weighted by molar-refractivity contribution is -0.137. The van der Waals surface area contributed by atoms with Crippen LogP contribution in [0.5, 0.6) is 0 Å². The van der Waals surface area contributed by atoms with Crippen molar-refractivity contribution >= 4 is 11.9 Å². The number of nitrogens with zero attached hydrogens (tertiary/aromatic N) is 1. The van der Waals surface area contributed by atoms with Crippen LogP contribution in [0.15, 0.2) is 12.5 Å². The molecule has 0 fully saturated rings. The van der Waals surface area contributed by atoms with Gasteiger partial charge in [0.05, 0.1) is 6.33 Å². The summed E-state index contributed by atoms with van der Waals surface area (Å²) in [7, 11) is 0. The van der Waals surface area contributed by atoms with Gasteiger partial charge in [-0.25, -0.2) is 4.98 Å². The average Bonchev–Trinajstić information content (AvgIpc) is 2.90. The Balaban J connectivity index is 2.78. The van der Waals surface area contributed by atoms with Crippen LogP contribution in [-0.2, 0) is 16.0 Å². The molecule has 88 valence electrons. The van der Waals surface area contributed by atoms with Gasteiger partial charge >= 0.3 is 5.97 Å². The second-order valence-corrected chi connectivity index (χ2v) is 2.76. The van der Waals surface area contributed by atoms with Gasteiger partial charge in [-0.15, -0.1) is 0 Å². The SMILES string of the molecule is [2H]C([2H])(C(=O)O)C([2H])([2H])C([2H])([2H])C(=O)NCCc1cnc[nH]1. The zero-order chi connectivity index (χ0) is 17.2. The van der Waals surface area contributed by atoms with E-state index in [1.807, 2.05) is 0 Å². The quantitative estimate of drug-likeness (QED) is 0.630. The van der Waals surface area contributed by atoms with Gasteiger partial charge in [0, 0.05) is 45.8 Å². The molecule has 3 N–H and O–H groups in total. The Kier molecular flexibility index (Phi) is 2.49. The van der Waals surface area contributed by atoms with Crippen molar-refractivity contribution in [2.24, 2.45) is 0 Å². The number of carbonyl (C=O) groups excluding carboxylic acids is 1. The fourth-order valence-corrected chi connectivity index (χ4v) is 0.918. The standard InChI is InChI=1S/C10H15N3O3/c14-9(2-1-3-10(15)16)12-5-4-8-6-11-7-13-8/h6-7H,1-5H2,(H,11,13)(H,12,14)(H,15,16)/i1D2,2D2,3D2. The third-order valence-corrected chi connectivity index (χ3v) is 1.58. The van der Waals surface area contributed by atoms with Gasteiger partial charge in [-0.3, -0.25) is 9.59 Å². The molecule has 0 atom stereocenters. The Morgan fingerprint density at radius 3 is 3.00 bits per heavy atom. The van der Waals surface area contributed by atoms with Crippen molar-refractivity contribution in [1.82, 2.24) is 15.3 Å². The molecule has 0 radical (unpaired) electrons. The molecule has 0 aliphatic carbocycles. The summed E-state index contributed by atoms with van der Waals surface area (Å²) in [5.41, 5.74) is 0.657. The molecule has 0 unspecified atom stereocenters. The number of aromatic nitrogens is 2. The van der Waals surface area contributed by atoms with E-state index in [1.165, 1.54) is 12.5 Å². The molecule has 6 nitrogen and oxygen atoms in total. The number of carboxylic acids is 1. The van der Waals surface area contributed by atoms with E-state index in [-0.39, 0.29) is 13.0 Å². The van der Waals surface area contributed by atoms with Crippen molar-refractivity contribution in [2.75, 3.05) is 6.54 Å². The number of H-pyrrole nitrogens is 1. The monoisotopic (exact) mass is 231 g/mol. The van der Waals surface area contributed by atoms with E-state index in [2.05, 4.69) is 15.3 Å². The highest BCUT2D eigenvalue weighted by Crippen LogP contribution is 1.95. The van der Waals surface area contributed by atoms with Crippen molar-refractivity contribution in [3.8, 4) is 0 Å². The van der Waals surface area contributed by atoms with Crippen LogP contribution in [0, 0.1) is 0 Å². The summed E-state index contributed by atoms with van der Waals surface area (Å²) in [6.45, 7) is -0.0489. The predicted molar refractivity (Wildman–Crippen MR) is 56.8 cm³/mol. The molecular weight excluding hydrogens is 210 g/mol. The van der Waals surface area contributed by atoms with Crippen molar-refractivity contribution < 1.29 is 22.9 Å². The minimum Gasteiger partial charge on any atom is -0.481 e. The number of aromatic amines is 1. The number of carboxylic acid groups (broad SMARTS) is 1. The summed E-state index contributed by atoms with van der Waals surface area (Å²) in [5, 5.41) is 10.8. The van der Waals surface area contributed by atoms with Crippen LogP contribution in [0.25, 0.3) is 0 Å². The third-order valence-electron chi connectivity index (χ3n) is 1.58. The first kappa shape index (κ1) is 6.03. The summed E-state index contributed by atoms with van der Waals surface area (Å²) in [5.74, 6) is -3.62. The van der Waals surface area contributed by atoms with E-state index in [4.69, 9.17) is 13.3 Å². The minimum atomic E-state index is -3.57. The van der Waals surface area contributed by atoms with Crippen molar-refractivity contribution in [2.45, 2.75) is 25.5 Å². The summed E-state index contributed by atoms with van der Waals surface area (Å²) < 4.78 is 44.2. The van der Waals surface area contributed by atoms with Gasteiger partial charge in [-0.2, -0.15) is 0 Å². The predicted octanol–water partition coefficient (Wildman–Crippen LogP) is 0.323. The summed E-state index contributed by atoms with van der Waals surface area (Å²) in [4.78, 5) is 29.1. The molecule has 0 saturated carbocycles. The summed E-state index contributed by atoms with van der Waals surface area (Å²) in [6, 6.07) is 0. The average molecular weight is 231 g/mol. The maximum Gasteiger partial charge on any atom is 0.303 e. The lowest BCUT2D eigenvalue weighted by Gasteiger charge is -2.03. The van der Waals surface area contributed by atoms with Gasteiger partial charge in [-0.05, 0) is 6.37 Å². The molecule has 6 heteroatoms.